The van der Waals surface area contributed by atoms with Crippen LogP contribution in [0.3, 0.4) is 0 Å². The number of aromatic hydroxyl groups is 1. The summed E-state index contributed by atoms with van der Waals surface area (Å²) in [7, 11) is 0. The highest BCUT2D eigenvalue weighted by molar-refractivity contribution is 6.34. The lowest BCUT2D eigenvalue weighted by molar-refractivity contribution is 0.475. The zero-order chi connectivity index (χ0) is 13.3. The van der Waals surface area contributed by atoms with Gasteiger partial charge in [0.25, 0.3) is 0 Å². The number of rotatable bonds is 2. The first-order valence-corrected chi connectivity index (χ1v) is 5.78. The fourth-order valence-electron chi connectivity index (χ4n) is 1.38. The van der Waals surface area contributed by atoms with Crippen molar-refractivity contribution in [2.75, 3.05) is 11.1 Å². The van der Waals surface area contributed by atoms with Crippen LogP contribution in [0.15, 0.2) is 18.2 Å². The van der Waals surface area contributed by atoms with Gasteiger partial charge >= 0.3 is 0 Å². The van der Waals surface area contributed by atoms with Crippen molar-refractivity contribution in [1.82, 2.24) is 9.97 Å². The third-order valence-corrected chi connectivity index (χ3v) is 2.82. The zero-order valence-corrected chi connectivity index (χ0v) is 10.9. The summed E-state index contributed by atoms with van der Waals surface area (Å²) in [6, 6.07) is 4.53. The number of benzene rings is 1. The number of aromatic nitrogens is 2. The van der Waals surface area contributed by atoms with Crippen LogP contribution in [0.5, 0.6) is 5.75 Å². The molecule has 0 saturated carbocycles. The molecule has 5 nitrogen and oxygen atoms in total. The van der Waals surface area contributed by atoms with Crippen LogP contribution in [-0.4, -0.2) is 15.1 Å². The Morgan fingerprint density at radius 3 is 2.67 bits per heavy atom. The van der Waals surface area contributed by atoms with Crippen molar-refractivity contribution in [3.63, 3.8) is 0 Å². The van der Waals surface area contributed by atoms with Gasteiger partial charge in [0, 0.05) is 6.07 Å². The summed E-state index contributed by atoms with van der Waals surface area (Å²) >= 11 is 11.8. The van der Waals surface area contributed by atoms with Crippen molar-refractivity contribution in [3.05, 3.63) is 34.2 Å². The van der Waals surface area contributed by atoms with Gasteiger partial charge in [0.2, 0.25) is 0 Å². The maximum Gasteiger partial charge on any atom is 0.159 e. The Morgan fingerprint density at radius 2 is 2.00 bits per heavy atom. The topological polar surface area (TPSA) is 84.1 Å². The van der Waals surface area contributed by atoms with Crippen LogP contribution in [0.4, 0.5) is 17.2 Å². The minimum atomic E-state index is 0.0791. The molecular weight excluding hydrogens is 275 g/mol. The summed E-state index contributed by atoms with van der Waals surface area (Å²) in [4.78, 5) is 8.07. The van der Waals surface area contributed by atoms with Gasteiger partial charge in [-0.3, -0.25) is 0 Å². The highest BCUT2D eigenvalue weighted by Crippen LogP contribution is 2.31. The number of anilines is 3. The molecule has 0 aliphatic heterocycles. The van der Waals surface area contributed by atoms with E-state index in [1.54, 1.807) is 13.0 Å². The van der Waals surface area contributed by atoms with E-state index in [0.717, 1.165) is 0 Å². The predicted octanol–water partition coefficient (Wildman–Crippen LogP) is 3.12. The normalized spacial score (nSPS) is 10.4. The molecule has 4 N–H and O–H groups in total. The molecule has 0 atom stereocenters. The SMILES string of the molecule is Cc1nc(Cl)c(N)c(Nc2ccc(O)cc2Cl)n1. The Labute approximate surface area is 114 Å². The van der Waals surface area contributed by atoms with E-state index in [9.17, 15) is 5.11 Å². The molecule has 1 heterocycles. The minimum absolute atomic E-state index is 0.0791. The molecule has 7 heteroatoms. The summed E-state index contributed by atoms with van der Waals surface area (Å²) in [6.45, 7) is 1.70. The maximum atomic E-state index is 9.26. The van der Waals surface area contributed by atoms with E-state index in [2.05, 4.69) is 15.3 Å². The summed E-state index contributed by atoms with van der Waals surface area (Å²) in [6.07, 6.45) is 0. The highest BCUT2D eigenvalue weighted by Gasteiger charge is 2.10. The fraction of sp³-hybridized carbons (Fsp3) is 0.0909. The third-order valence-electron chi connectivity index (χ3n) is 2.22. The molecule has 1 aromatic carbocycles. The van der Waals surface area contributed by atoms with Crippen LogP contribution >= 0.6 is 23.2 Å². The van der Waals surface area contributed by atoms with Crippen LogP contribution in [0.25, 0.3) is 0 Å². The molecule has 0 bridgehead atoms. The lowest BCUT2D eigenvalue weighted by Gasteiger charge is -2.11. The molecule has 0 unspecified atom stereocenters. The minimum Gasteiger partial charge on any atom is -0.508 e. The van der Waals surface area contributed by atoms with E-state index in [1.165, 1.54) is 12.1 Å². The van der Waals surface area contributed by atoms with Crippen LogP contribution in [-0.2, 0) is 0 Å². The number of hydrogen-bond donors (Lipinski definition) is 3. The first-order valence-electron chi connectivity index (χ1n) is 5.02. The van der Waals surface area contributed by atoms with E-state index >= 15 is 0 Å². The average Bonchev–Trinajstić information content (AvgIpc) is 2.29. The van der Waals surface area contributed by atoms with Gasteiger partial charge in [0.05, 0.1) is 10.7 Å². The molecule has 94 valence electrons. The number of halogens is 2. The summed E-state index contributed by atoms with van der Waals surface area (Å²) < 4.78 is 0. The van der Waals surface area contributed by atoms with E-state index in [4.69, 9.17) is 28.9 Å². The van der Waals surface area contributed by atoms with Gasteiger partial charge in [0.15, 0.2) is 11.0 Å². The lowest BCUT2D eigenvalue weighted by atomic mass is 10.3. The van der Waals surface area contributed by atoms with E-state index in [0.29, 0.717) is 22.4 Å². The quantitative estimate of drug-likeness (QED) is 0.583. The molecule has 1 aromatic heterocycles. The number of nitrogens with one attached hydrogen (secondary N) is 1. The van der Waals surface area contributed by atoms with Crippen molar-refractivity contribution in [3.8, 4) is 5.75 Å². The van der Waals surface area contributed by atoms with Gasteiger partial charge in [-0.1, -0.05) is 23.2 Å². The van der Waals surface area contributed by atoms with Gasteiger partial charge in [-0.2, -0.15) is 0 Å². The summed E-state index contributed by atoms with van der Waals surface area (Å²) in [5, 5.41) is 12.7. The Hall–Kier alpha value is -1.72. The molecule has 18 heavy (non-hydrogen) atoms. The number of nitrogens with zero attached hydrogens (tertiary/aromatic N) is 2. The van der Waals surface area contributed by atoms with E-state index in [1.807, 2.05) is 0 Å². The number of phenols is 1. The third kappa shape index (κ3) is 2.57. The van der Waals surface area contributed by atoms with Gasteiger partial charge < -0.3 is 16.2 Å². The van der Waals surface area contributed by atoms with Gasteiger partial charge in [-0.15, -0.1) is 0 Å². The molecular formula is C11H10Cl2N4O. The van der Waals surface area contributed by atoms with Crippen LogP contribution in [0.1, 0.15) is 5.82 Å². The smallest absolute Gasteiger partial charge is 0.159 e. The van der Waals surface area contributed by atoms with Crippen molar-refractivity contribution < 1.29 is 5.11 Å². The first-order chi connectivity index (χ1) is 8.47. The molecule has 0 amide bonds. The second-order valence-corrected chi connectivity index (χ2v) is 4.38. The molecule has 0 fully saturated rings. The van der Waals surface area contributed by atoms with Crippen molar-refractivity contribution >= 4 is 40.4 Å². The summed E-state index contributed by atoms with van der Waals surface area (Å²) in [5.41, 5.74) is 6.57. The Morgan fingerprint density at radius 1 is 1.28 bits per heavy atom. The van der Waals surface area contributed by atoms with Crippen LogP contribution in [0.2, 0.25) is 10.2 Å². The van der Waals surface area contributed by atoms with Crippen molar-refractivity contribution in [1.29, 1.82) is 0 Å². The van der Waals surface area contributed by atoms with E-state index in [-0.39, 0.29) is 16.6 Å². The number of phenolic OH excluding ortho intramolecular Hbond substituents is 1. The second-order valence-electron chi connectivity index (χ2n) is 3.61. The van der Waals surface area contributed by atoms with Crippen molar-refractivity contribution in [2.24, 2.45) is 0 Å². The maximum absolute atomic E-state index is 9.26. The van der Waals surface area contributed by atoms with Crippen molar-refractivity contribution in [2.45, 2.75) is 6.92 Å². The zero-order valence-electron chi connectivity index (χ0n) is 9.41. The summed E-state index contributed by atoms with van der Waals surface area (Å²) in [5.74, 6) is 0.946. The Bertz CT molecular complexity index is 604. The fourth-order valence-corrected chi connectivity index (χ4v) is 1.81. The number of hydrogen-bond acceptors (Lipinski definition) is 5. The molecule has 0 spiro atoms. The number of aryl methyl sites for hydroxylation is 1. The molecule has 2 aromatic rings. The van der Waals surface area contributed by atoms with Gasteiger partial charge in [-0.05, 0) is 19.1 Å². The molecule has 0 radical (unpaired) electrons. The average molecular weight is 285 g/mol. The predicted molar refractivity (Wildman–Crippen MR) is 72.6 cm³/mol. The lowest BCUT2D eigenvalue weighted by Crippen LogP contribution is -2.03. The first kappa shape index (κ1) is 12.7. The second kappa shape index (κ2) is 4.88. The molecule has 0 aliphatic carbocycles. The largest absolute Gasteiger partial charge is 0.508 e. The van der Waals surface area contributed by atoms with Crippen LogP contribution < -0.4 is 11.1 Å². The molecule has 0 aliphatic rings. The van der Waals surface area contributed by atoms with Gasteiger partial charge in [-0.25, -0.2) is 9.97 Å². The molecule has 0 saturated heterocycles. The van der Waals surface area contributed by atoms with E-state index < -0.39 is 0 Å². The van der Waals surface area contributed by atoms with Gasteiger partial charge in [0.1, 0.15) is 17.3 Å². The van der Waals surface area contributed by atoms with Crippen LogP contribution in [0, 0.1) is 6.92 Å². The number of nitrogens with two attached hydrogens (primary N) is 1. The highest BCUT2D eigenvalue weighted by atomic mass is 35.5. The standard InChI is InChI=1S/C11H10Cl2N4O/c1-5-15-10(13)9(14)11(16-5)17-8-3-2-6(18)4-7(8)12/h2-4,18H,14H2,1H3,(H,15,16,17). The Kier molecular flexibility index (Phi) is 3.45. The number of nitrogen functional groups attached to an aromatic ring is 1. The monoisotopic (exact) mass is 284 g/mol. The molecule has 2 rings (SSSR count). The Balaban J connectivity index is 2.40.